The first-order valence-electron chi connectivity index (χ1n) is 6.54. The summed E-state index contributed by atoms with van der Waals surface area (Å²) in [6.45, 7) is 2.16. The van der Waals surface area contributed by atoms with Gasteiger partial charge in [-0.25, -0.2) is 4.98 Å². The SMILES string of the molecule is CCc1ccc2nc(-c3ccc(OC)c(N)c3)sc2c1. The van der Waals surface area contributed by atoms with Gasteiger partial charge in [0.1, 0.15) is 10.8 Å². The highest BCUT2D eigenvalue weighted by Gasteiger charge is 2.09. The smallest absolute Gasteiger partial charge is 0.141 e. The highest BCUT2D eigenvalue weighted by molar-refractivity contribution is 7.21. The molecule has 0 aliphatic rings. The first kappa shape index (κ1) is 12.9. The van der Waals surface area contributed by atoms with Crippen molar-refractivity contribution in [2.75, 3.05) is 12.8 Å². The lowest BCUT2D eigenvalue weighted by Crippen LogP contribution is -1.92. The van der Waals surface area contributed by atoms with Gasteiger partial charge in [-0.05, 0) is 42.3 Å². The molecule has 20 heavy (non-hydrogen) atoms. The van der Waals surface area contributed by atoms with E-state index in [1.54, 1.807) is 18.4 Å². The monoisotopic (exact) mass is 284 g/mol. The first-order chi connectivity index (χ1) is 9.71. The van der Waals surface area contributed by atoms with Gasteiger partial charge in [0.25, 0.3) is 0 Å². The fourth-order valence-electron chi connectivity index (χ4n) is 2.18. The molecule has 0 atom stereocenters. The van der Waals surface area contributed by atoms with Crippen LogP contribution in [0.1, 0.15) is 12.5 Å². The molecule has 0 amide bonds. The van der Waals surface area contributed by atoms with E-state index in [9.17, 15) is 0 Å². The van der Waals surface area contributed by atoms with E-state index in [0.29, 0.717) is 11.4 Å². The number of hydrogen-bond donors (Lipinski definition) is 1. The molecular weight excluding hydrogens is 268 g/mol. The Kier molecular flexibility index (Phi) is 3.32. The number of rotatable bonds is 3. The number of nitrogen functional groups attached to an aromatic ring is 1. The molecule has 0 saturated heterocycles. The summed E-state index contributed by atoms with van der Waals surface area (Å²) in [5, 5.41) is 0.989. The van der Waals surface area contributed by atoms with Gasteiger partial charge in [-0.1, -0.05) is 13.0 Å². The molecule has 0 radical (unpaired) electrons. The summed E-state index contributed by atoms with van der Waals surface area (Å²) >= 11 is 1.69. The molecule has 2 N–H and O–H groups in total. The van der Waals surface area contributed by atoms with Crippen molar-refractivity contribution >= 4 is 27.2 Å². The third kappa shape index (κ3) is 2.23. The summed E-state index contributed by atoms with van der Waals surface area (Å²) in [5.74, 6) is 0.697. The van der Waals surface area contributed by atoms with E-state index in [0.717, 1.165) is 22.5 Å². The Hall–Kier alpha value is -2.07. The molecule has 0 fully saturated rings. The maximum atomic E-state index is 5.96. The maximum Gasteiger partial charge on any atom is 0.141 e. The van der Waals surface area contributed by atoms with E-state index < -0.39 is 0 Å². The van der Waals surface area contributed by atoms with E-state index >= 15 is 0 Å². The average Bonchev–Trinajstić information content (AvgIpc) is 2.89. The van der Waals surface area contributed by atoms with Crippen LogP contribution < -0.4 is 10.5 Å². The normalized spacial score (nSPS) is 10.9. The molecule has 0 bridgehead atoms. The van der Waals surface area contributed by atoms with Crippen molar-refractivity contribution in [1.29, 1.82) is 0 Å². The zero-order valence-electron chi connectivity index (χ0n) is 11.5. The molecular formula is C16H16N2OS. The van der Waals surface area contributed by atoms with Crippen LogP contribution in [0.5, 0.6) is 5.75 Å². The molecule has 3 aromatic rings. The Morgan fingerprint density at radius 3 is 2.75 bits per heavy atom. The van der Waals surface area contributed by atoms with E-state index in [1.165, 1.54) is 10.3 Å². The highest BCUT2D eigenvalue weighted by atomic mass is 32.1. The number of nitrogens with zero attached hydrogens (tertiary/aromatic N) is 1. The molecule has 0 saturated carbocycles. The van der Waals surface area contributed by atoms with Crippen LogP contribution in [0.3, 0.4) is 0 Å². The summed E-state index contributed by atoms with van der Waals surface area (Å²) < 4.78 is 6.40. The predicted octanol–water partition coefficient (Wildman–Crippen LogP) is 4.12. The van der Waals surface area contributed by atoms with Crippen molar-refractivity contribution in [3.05, 3.63) is 42.0 Å². The number of aromatic nitrogens is 1. The Labute approximate surface area is 122 Å². The number of thiazole rings is 1. The Morgan fingerprint density at radius 2 is 2.05 bits per heavy atom. The van der Waals surface area contributed by atoms with Gasteiger partial charge in [-0.2, -0.15) is 0 Å². The van der Waals surface area contributed by atoms with E-state index in [1.807, 2.05) is 18.2 Å². The minimum absolute atomic E-state index is 0.638. The molecule has 0 aliphatic heterocycles. The van der Waals surface area contributed by atoms with Gasteiger partial charge in [0.2, 0.25) is 0 Å². The maximum absolute atomic E-state index is 5.96. The fraction of sp³-hybridized carbons (Fsp3) is 0.188. The number of ether oxygens (including phenoxy) is 1. The zero-order chi connectivity index (χ0) is 14.1. The van der Waals surface area contributed by atoms with Gasteiger partial charge >= 0.3 is 0 Å². The largest absolute Gasteiger partial charge is 0.495 e. The van der Waals surface area contributed by atoms with Crippen molar-refractivity contribution in [2.45, 2.75) is 13.3 Å². The van der Waals surface area contributed by atoms with Gasteiger partial charge < -0.3 is 10.5 Å². The third-order valence-electron chi connectivity index (χ3n) is 3.34. The van der Waals surface area contributed by atoms with Crippen molar-refractivity contribution in [1.82, 2.24) is 4.98 Å². The first-order valence-corrected chi connectivity index (χ1v) is 7.36. The lowest BCUT2D eigenvalue weighted by molar-refractivity contribution is 0.417. The minimum atomic E-state index is 0.638. The van der Waals surface area contributed by atoms with Gasteiger partial charge in [0, 0.05) is 5.56 Å². The summed E-state index contributed by atoms with van der Waals surface area (Å²) in [7, 11) is 1.62. The third-order valence-corrected chi connectivity index (χ3v) is 4.40. The van der Waals surface area contributed by atoms with Crippen LogP contribution in [0.25, 0.3) is 20.8 Å². The van der Waals surface area contributed by atoms with Gasteiger partial charge in [0.05, 0.1) is 23.0 Å². The molecule has 2 aromatic carbocycles. The van der Waals surface area contributed by atoms with Crippen LogP contribution in [0.4, 0.5) is 5.69 Å². The molecule has 0 aliphatic carbocycles. The van der Waals surface area contributed by atoms with E-state index in [2.05, 4.69) is 30.1 Å². The number of nitrogens with two attached hydrogens (primary N) is 1. The van der Waals surface area contributed by atoms with Crippen molar-refractivity contribution in [3.8, 4) is 16.3 Å². The number of anilines is 1. The zero-order valence-corrected chi connectivity index (χ0v) is 12.3. The molecule has 102 valence electrons. The minimum Gasteiger partial charge on any atom is -0.495 e. The van der Waals surface area contributed by atoms with E-state index in [-0.39, 0.29) is 0 Å². The van der Waals surface area contributed by atoms with Crippen LogP contribution >= 0.6 is 11.3 Å². The molecule has 4 heteroatoms. The molecule has 0 spiro atoms. The van der Waals surface area contributed by atoms with E-state index in [4.69, 9.17) is 10.5 Å². The summed E-state index contributed by atoms with van der Waals surface area (Å²) in [6.07, 6.45) is 1.04. The van der Waals surface area contributed by atoms with Crippen molar-refractivity contribution < 1.29 is 4.74 Å². The standard InChI is InChI=1S/C16H16N2OS/c1-3-10-4-6-13-15(8-10)20-16(18-13)11-5-7-14(19-2)12(17)9-11/h4-9H,3,17H2,1-2H3. The van der Waals surface area contributed by atoms with Crippen molar-refractivity contribution in [2.24, 2.45) is 0 Å². The lowest BCUT2D eigenvalue weighted by atomic mass is 10.1. The Balaban J connectivity index is 2.07. The molecule has 3 rings (SSSR count). The quantitative estimate of drug-likeness (QED) is 0.736. The molecule has 1 aromatic heterocycles. The average molecular weight is 284 g/mol. The van der Waals surface area contributed by atoms with Gasteiger partial charge in [0.15, 0.2) is 0 Å². The summed E-state index contributed by atoms with van der Waals surface area (Å²) in [4.78, 5) is 4.68. The second-order valence-corrected chi connectivity index (χ2v) is 5.66. The highest BCUT2D eigenvalue weighted by Crippen LogP contribution is 2.34. The lowest BCUT2D eigenvalue weighted by Gasteiger charge is -2.04. The molecule has 0 unspecified atom stereocenters. The number of aryl methyl sites for hydroxylation is 1. The fourth-order valence-corrected chi connectivity index (χ4v) is 3.21. The van der Waals surface area contributed by atoms with Gasteiger partial charge in [-0.15, -0.1) is 11.3 Å². The number of hydrogen-bond acceptors (Lipinski definition) is 4. The second kappa shape index (κ2) is 5.13. The van der Waals surface area contributed by atoms with Crippen molar-refractivity contribution in [3.63, 3.8) is 0 Å². The number of fused-ring (bicyclic) bond motifs is 1. The Bertz CT molecular complexity index is 764. The van der Waals surface area contributed by atoms with Gasteiger partial charge in [-0.3, -0.25) is 0 Å². The summed E-state index contributed by atoms with van der Waals surface area (Å²) in [6, 6.07) is 12.2. The van der Waals surface area contributed by atoms with Crippen LogP contribution in [0.2, 0.25) is 0 Å². The molecule has 3 nitrogen and oxygen atoms in total. The number of methoxy groups -OCH3 is 1. The van der Waals surface area contributed by atoms with Crippen LogP contribution in [0.15, 0.2) is 36.4 Å². The predicted molar refractivity (Wildman–Crippen MR) is 85.4 cm³/mol. The molecule has 1 heterocycles. The number of benzene rings is 2. The van der Waals surface area contributed by atoms with Crippen LogP contribution in [-0.2, 0) is 6.42 Å². The second-order valence-electron chi connectivity index (χ2n) is 4.63. The topological polar surface area (TPSA) is 48.1 Å². The van der Waals surface area contributed by atoms with Crippen LogP contribution in [0, 0.1) is 0 Å². The summed E-state index contributed by atoms with van der Waals surface area (Å²) in [5.41, 5.74) is 10.0. The Morgan fingerprint density at radius 1 is 1.20 bits per heavy atom. The van der Waals surface area contributed by atoms with Crippen LogP contribution in [-0.4, -0.2) is 12.1 Å².